The van der Waals surface area contributed by atoms with Crippen LogP contribution in [-0.2, 0) is 19.6 Å². The summed E-state index contributed by atoms with van der Waals surface area (Å²) in [7, 11) is -3.63. The summed E-state index contributed by atoms with van der Waals surface area (Å²) in [4.78, 5) is 14.9. The lowest BCUT2D eigenvalue weighted by molar-refractivity contribution is -0.127. The summed E-state index contributed by atoms with van der Waals surface area (Å²) in [5.74, 6) is 0.380. The Kier molecular flexibility index (Phi) is 4.71. The van der Waals surface area contributed by atoms with Gasteiger partial charge in [0.25, 0.3) is 10.0 Å². The lowest BCUT2D eigenvalue weighted by atomic mass is 9.95. The van der Waals surface area contributed by atoms with Gasteiger partial charge in [0.05, 0.1) is 5.92 Å². The van der Waals surface area contributed by atoms with Gasteiger partial charge in [0.15, 0.2) is 5.84 Å². The molecule has 3 aliphatic heterocycles. The van der Waals surface area contributed by atoms with Crippen molar-refractivity contribution in [2.75, 3.05) is 26.3 Å². The Bertz CT molecular complexity index is 831. The van der Waals surface area contributed by atoms with Crippen LogP contribution in [0.1, 0.15) is 31.2 Å². The number of hydrogen-bond donors (Lipinski definition) is 1. The first-order valence-electron chi connectivity index (χ1n) is 9.12. The predicted octanol–water partition coefficient (Wildman–Crippen LogP) is 1.14. The highest BCUT2D eigenvalue weighted by molar-refractivity contribution is 7.90. The average molecular weight is 377 g/mol. The van der Waals surface area contributed by atoms with E-state index in [1.165, 1.54) is 0 Å². The molecule has 3 aliphatic rings. The summed E-state index contributed by atoms with van der Waals surface area (Å²) < 4.78 is 33.9. The lowest BCUT2D eigenvalue weighted by Crippen LogP contribution is -2.48. The molecule has 1 aromatic carbocycles. The summed E-state index contributed by atoms with van der Waals surface area (Å²) >= 11 is 0. The van der Waals surface area contributed by atoms with E-state index in [4.69, 9.17) is 4.74 Å². The molecule has 1 atom stereocenters. The molecule has 0 spiro atoms. The van der Waals surface area contributed by atoms with E-state index >= 15 is 0 Å². The summed E-state index contributed by atoms with van der Waals surface area (Å²) in [6, 6.07) is 7.06. The Morgan fingerprint density at radius 1 is 1.19 bits per heavy atom. The van der Waals surface area contributed by atoms with Gasteiger partial charge in [0, 0.05) is 37.9 Å². The van der Waals surface area contributed by atoms with E-state index in [0.717, 1.165) is 25.7 Å². The number of nitrogens with one attached hydrogen (secondary N) is 1. The predicted molar refractivity (Wildman–Crippen MR) is 96.4 cm³/mol. The van der Waals surface area contributed by atoms with Gasteiger partial charge in [-0.25, -0.2) is 0 Å². The molecule has 1 aromatic rings. The number of ether oxygens (including phenoxy) is 1. The largest absolute Gasteiger partial charge is 0.381 e. The van der Waals surface area contributed by atoms with Crippen molar-refractivity contribution in [3.05, 3.63) is 29.8 Å². The summed E-state index contributed by atoms with van der Waals surface area (Å²) in [5, 5.41) is 3.13. The second-order valence-corrected chi connectivity index (χ2v) is 8.64. The van der Waals surface area contributed by atoms with E-state index in [-0.39, 0.29) is 22.8 Å². The molecule has 2 fully saturated rings. The molecule has 2 saturated heterocycles. The maximum Gasteiger partial charge on any atom is 0.285 e. The van der Waals surface area contributed by atoms with Crippen LogP contribution in [0.3, 0.4) is 0 Å². The topological polar surface area (TPSA) is 88.1 Å². The van der Waals surface area contributed by atoms with E-state index in [2.05, 4.69) is 9.71 Å². The Morgan fingerprint density at radius 2 is 1.96 bits per heavy atom. The Morgan fingerprint density at radius 3 is 2.77 bits per heavy atom. The van der Waals surface area contributed by atoms with Crippen molar-refractivity contribution in [3.63, 3.8) is 0 Å². The summed E-state index contributed by atoms with van der Waals surface area (Å²) in [6.45, 7) is 2.59. The van der Waals surface area contributed by atoms with E-state index in [1.807, 2.05) is 11.0 Å². The maximum atomic E-state index is 12.7. The standard InChI is InChI=1S/C18H23N3O4S/c22-18(19-14-7-10-25-11-8-14)13-4-3-9-21(12-13)17-15-5-1-2-6-16(15)26(23,24)20-17/h1-2,5-6,13-14H,3-4,7-12H2,(H,19,22). The van der Waals surface area contributed by atoms with Crippen LogP contribution in [-0.4, -0.2) is 57.4 Å². The number of rotatable bonds is 2. The highest BCUT2D eigenvalue weighted by atomic mass is 32.2. The van der Waals surface area contributed by atoms with Crippen LogP contribution in [0.2, 0.25) is 0 Å². The molecule has 0 saturated carbocycles. The zero-order chi connectivity index (χ0) is 18.1. The van der Waals surface area contributed by atoms with Crippen LogP contribution in [0.4, 0.5) is 0 Å². The van der Waals surface area contributed by atoms with Crippen molar-refractivity contribution in [2.45, 2.75) is 36.6 Å². The average Bonchev–Trinajstić information content (AvgIpc) is 2.94. The van der Waals surface area contributed by atoms with Crippen LogP contribution < -0.4 is 5.32 Å². The highest BCUT2D eigenvalue weighted by Gasteiger charge is 2.35. The Labute approximate surface area is 153 Å². The second-order valence-electron chi connectivity index (χ2n) is 7.07. The van der Waals surface area contributed by atoms with Crippen LogP contribution in [0, 0.1) is 5.92 Å². The third-order valence-corrected chi connectivity index (χ3v) is 6.60. The number of sulfonamides is 1. The minimum atomic E-state index is -3.63. The van der Waals surface area contributed by atoms with Gasteiger partial charge in [0.1, 0.15) is 4.90 Å². The van der Waals surface area contributed by atoms with Gasteiger partial charge >= 0.3 is 0 Å². The van der Waals surface area contributed by atoms with Crippen LogP contribution in [0.25, 0.3) is 0 Å². The van der Waals surface area contributed by atoms with Crippen molar-refractivity contribution >= 4 is 21.8 Å². The van der Waals surface area contributed by atoms with Crippen LogP contribution >= 0.6 is 0 Å². The number of carbonyl (C=O) groups is 1. The number of nitrogens with zero attached hydrogens (tertiary/aromatic N) is 2. The molecule has 3 heterocycles. The first kappa shape index (κ1) is 17.5. The van der Waals surface area contributed by atoms with Gasteiger partial charge in [-0.15, -0.1) is 4.40 Å². The third-order valence-electron chi connectivity index (χ3n) is 5.27. The van der Waals surface area contributed by atoms with Gasteiger partial charge in [-0.05, 0) is 37.8 Å². The molecule has 1 unspecified atom stereocenters. The minimum absolute atomic E-state index is 0.0522. The number of amidine groups is 1. The minimum Gasteiger partial charge on any atom is -0.381 e. The molecule has 140 valence electrons. The first-order valence-corrected chi connectivity index (χ1v) is 10.6. The zero-order valence-electron chi connectivity index (χ0n) is 14.6. The Hall–Kier alpha value is -1.93. The summed E-state index contributed by atoms with van der Waals surface area (Å²) in [5.41, 5.74) is 0.637. The molecule has 0 aromatic heterocycles. The van der Waals surface area contributed by atoms with Gasteiger partial charge in [-0.1, -0.05) is 12.1 Å². The van der Waals surface area contributed by atoms with Gasteiger partial charge in [0.2, 0.25) is 5.91 Å². The van der Waals surface area contributed by atoms with Crippen LogP contribution in [0.5, 0.6) is 0 Å². The van der Waals surface area contributed by atoms with E-state index in [9.17, 15) is 13.2 Å². The molecule has 1 amide bonds. The van der Waals surface area contributed by atoms with Crippen LogP contribution in [0.15, 0.2) is 33.6 Å². The van der Waals surface area contributed by atoms with E-state index < -0.39 is 10.0 Å². The number of benzene rings is 1. The van der Waals surface area contributed by atoms with E-state index in [1.54, 1.807) is 18.2 Å². The molecule has 0 aliphatic carbocycles. The number of carbonyl (C=O) groups excluding carboxylic acids is 1. The highest BCUT2D eigenvalue weighted by Crippen LogP contribution is 2.29. The van der Waals surface area contributed by atoms with Crippen molar-refractivity contribution in [3.8, 4) is 0 Å². The zero-order valence-corrected chi connectivity index (χ0v) is 15.4. The van der Waals surface area contributed by atoms with Crippen molar-refractivity contribution in [1.29, 1.82) is 0 Å². The lowest BCUT2D eigenvalue weighted by Gasteiger charge is -2.34. The monoisotopic (exact) mass is 377 g/mol. The van der Waals surface area contributed by atoms with Gasteiger partial charge in [-0.3, -0.25) is 4.79 Å². The number of hydrogen-bond acceptors (Lipinski definition) is 5. The number of amides is 1. The molecule has 26 heavy (non-hydrogen) atoms. The fourth-order valence-corrected chi connectivity index (χ4v) is 5.09. The molecule has 1 N–H and O–H groups in total. The molecule has 0 radical (unpaired) electrons. The number of fused-ring (bicyclic) bond motifs is 1. The van der Waals surface area contributed by atoms with Gasteiger partial charge < -0.3 is 15.0 Å². The first-order chi connectivity index (χ1) is 12.5. The molecule has 0 bridgehead atoms. The third kappa shape index (κ3) is 3.35. The smallest absolute Gasteiger partial charge is 0.285 e. The normalized spacial score (nSPS) is 25.5. The molecular weight excluding hydrogens is 354 g/mol. The van der Waals surface area contributed by atoms with E-state index in [0.29, 0.717) is 37.7 Å². The van der Waals surface area contributed by atoms with Crippen molar-refractivity contribution < 1.29 is 17.9 Å². The quantitative estimate of drug-likeness (QED) is 0.835. The van der Waals surface area contributed by atoms with Crippen molar-refractivity contribution in [1.82, 2.24) is 10.2 Å². The number of piperidine rings is 1. The van der Waals surface area contributed by atoms with Gasteiger partial charge in [-0.2, -0.15) is 8.42 Å². The fourth-order valence-electron chi connectivity index (χ4n) is 3.86. The fraction of sp³-hybridized carbons (Fsp3) is 0.556. The SMILES string of the molecule is O=C(NC1CCOCC1)C1CCCN(C2=NS(=O)(=O)c3ccccc32)C1. The molecule has 8 heteroatoms. The van der Waals surface area contributed by atoms with Crippen molar-refractivity contribution in [2.24, 2.45) is 10.3 Å². The summed E-state index contributed by atoms with van der Waals surface area (Å²) in [6.07, 6.45) is 3.35. The Balaban J connectivity index is 1.48. The molecule has 7 nitrogen and oxygen atoms in total. The molecular formula is C18H23N3O4S. The second kappa shape index (κ2) is 7.00. The maximum absolute atomic E-state index is 12.7. The molecule has 4 rings (SSSR count). The number of likely N-dealkylation sites (tertiary alicyclic amines) is 1.